The van der Waals surface area contributed by atoms with Gasteiger partial charge in [-0.05, 0) is 56.8 Å². The minimum Gasteiger partial charge on any atom is -0.341 e. The van der Waals surface area contributed by atoms with Gasteiger partial charge in [0, 0.05) is 13.1 Å². The van der Waals surface area contributed by atoms with Crippen LogP contribution in [-0.2, 0) is 4.79 Å². The van der Waals surface area contributed by atoms with Crippen LogP contribution in [0.2, 0.25) is 0 Å². The first-order chi connectivity index (χ1) is 10.3. The van der Waals surface area contributed by atoms with E-state index in [9.17, 15) is 9.70 Å². The van der Waals surface area contributed by atoms with Crippen molar-refractivity contribution in [3.8, 4) is 0 Å². The first-order valence-electron chi connectivity index (χ1n) is 8.71. The highest BCUT2D eigenvalue weighted by Crippen LogP contribution is 2.49. The third kappa shape index (κ3) is 3.67. The van der Waals surface area contributed by atoms with Crippen LogP contribution in [0.3, 0.4) is 0 Å². The van der Waals surface area contributed by atoms with E-state index < -0.39 is 11.6 Å². The van der Waals surface area contributed by atoms with Crippen molar-refractivity contribution >= 4 is 5.91 Å². The number of amides is 1. The Morgan fingerprint density at radius 3 is 2.50 bits per heavy atom. The summed E-state index contributed by atoms with van der Waals surface area (Å²) in [6, 6.07) is -0.490. The van der Waals surface area contributed by atoms with Crippen LogP contribution in [0, 0.1) is 16.2 Å². The monoisotopic (exact) mass is 309 g/mol. The quantitative estimate of drug-likeness (QED) is 0.793. The van der Waals surface area contributed by atoms with Gasteiger partial charge in [0.15, 0.2) is 0 Å². The lowest BCUT2D eigenvalue weighted by atomic mass is 9.61. The maximum atomic E-state index is 12.6. The Balaban J connectivity index is 2.13. The van der Waals surface area contributed by atoms with Crippen molar-refractivity contribution in [1.29, 1.82) is 0 Å². The normalized spacial score (nSPS) is 37.1. The fourth-order valence-corrected chi connectivity index (χ4v) is 4.80. The Morgan fingerprint density at radius 1 is 1.32 bits per heavy atom. The standard InChI is InChI=1S/C17H31N3O2/c1-4-7-16(2)10-13(11-17(3,12-16)19-22)14(18)15(21)20-8-5-6-9-20/h13-14H,4-12,18H2,1-3H3. The SMILES string of the molecule is CCCC1(C)CC(C(N)C(=O)N2CCCC2)CC(C)(N=O)C1. The van der Waals surface area contributed by atoms with E-state index in [1.165, 1.54) is 0 Å². The number of hydrogen-bond acceptors (Lipinski definition) is 4. The Kier molecular flexibility index (Phi) is 5.25. The molecule has 1 saturated carbocycles. The molecule has 1 heterocycles. The summed E-state index contributed by atoms with van der Waals surface area (Å²) in [6.45, 7) is 7.96. The molecule has 2 fully saturated rings. The zero-order chi connectivity index (χ0) is 16.4. The summed E-state index contributed by atoms with van der Waals surface area (Å²) in [7, 11) is 0. The van der Waals surface area contributed by atoms with Crippen molar-refractivity contribution in [2.45, 2.75) is 77.3 Å². The van der Waals surface area contributed by atoms with Crippen LogP contribution >= 0.6 is 0 Å². The molecule has 0 aromatic rings. The molecule has 1 amide bonds. The number of nitroso groups, excluding NO2 is 1. The maximum Gasteiger partial charge on any atom is 0.239 e. The highest BCUT2D eigenvalue weighted by molar-refractivity contribution is 5.82. The van der Waals surface area contributed by atoms with Crippen molar-refractivity contribution in [3.05, 3.63) is 4.91 Å². The summed E-state index contributed by atoms with van der Waals surface area (Å²) >= 11 is 0. The molecule has 4 atom stereocenters. The lowest BCUT2D eigenvalue weighted by Gasteiger charge is -2.46. The van der Waals surface area contributed by atoms with Crippen LogP contribution in [0.4, 0.5) is 0 Å². The lowest BCUT2D eigenvalue weighted by molar-refractivity contribution is -0.133. The highest BCUT2D eigenvalue weighted by atomic mass is 16.3. The smallest absolute Gasteiger partial charge is 0.239 e. The Bertz CT molecular complexity index is 422. The molecule has 0 radical (unpaired) electrons. The summed E-state index contributed by atoms with van der Waals surface area (Å²) in [5.41, 5.74) is 5.80. The first-order valence-corrected chi connectivity index (χ1v) is 8.71. The predicted molar refractivity (Wildman–Crippen MR) is 88.3 cm³/mol. The molecular weight excluding hydrogens is 278 g/mol. The summed E-state index contributed by atoms with van der Waals surface area (Å²) in [6.07, 6.45) is 6.64. The van der Waals surface area contributed by atoms with Gasteiger partial charge in [-0.25, -0.2) is 0 Å². The van der Waals surface area contributed by atoms with E-state index in [1.54, 1.807) is 0 Å². The Hall–Kier alpha value is -0.970. The molecule has 0 spiro atoms. The minimum absolute atomic E-state index is 0.0566. The van der Waals surface area contributed by atoms with Gasteiger partial charge in [0.05, 0.1) is 6.04 Å². The van der Waals surface area contributed by atoms with Gasteiger partial charge in [-0.1, -0.05) is 25.4 Å². The summed E-state index contributed by atoms with van der Waals surface area (Å²) in [4.78, 5) is 25.9. The molecule has 0 bridgehead atoms. The molecule has 5 heteroatoms. The van der Waals surface area contributed by atoms with Crippen molar-refractivity contribution in [1.82, 2.24) is 4.90 Å². The Morgan fingerprint density at radius 2 is 1.95 bits per heavy atom. The zero-order valence-corrected chi connectivity index (χ0v) is 14.3. The molecule has 126 valence electrons. The van der Waals surface area contributed by atoms with Gasteiger partial charge in [-0.3, -0.25) is 4.79 Å². The van der Waals surface area contributed by atoms with Gasteiger partial charge in [0.1, 0.15) is 5.54 Å². The van der Waals surface area contributed by atoms with Crippen LogP contribution in [0.15, 0.2) is 5.18 Å². The molecule has 1 aliphatic carbocycles. The van der Waals surface area contributed by atoms with Gasteiger partial charge in [-0.15, -0.1) is 0 Å². The van der Waals surface area contributed by atoms with Gasteiger partial charge in [0.25, 0.3) is 0 Å². The number of nitrogens with two attached hydrogens (primary N) is 1. The molecule has 0 aromatic carbocycles. The number of carbonyl (C=O) groups excluding carboxylic acids is 1. The van der Waals surface area contributed by atoms with Crippen LogP contribution in [0.25, 0.3) is 0 Å². The average molecular weight is 309 g/mol. The van der Waals surface area contributed by atoms with Crippen molar-refractivity contribution < 1.29 is 4.79 Å². The Labute approximate surface area is 134 Å². The van der Waals surface area contributed by atoms with Gasteiger partial charge >= 0.3 is 0 Å². The number of nitrogens with zero attached hydrogens (tertiary/aromatic N) is 2. The molecular formula is C17H31N3O2. The van der Waals surface area contributed by atoms with Crippen molar-refractivity contribution in [3.63, 3.8) is 0 Å². The van der Waals surface area contributed by atoms with Crippen molar-refractivity contribution in [2.75, 3.05) is 13.1 Å². The van der Waals surface area contributed by atoms with Gasteiger partial charge in [-0.2, -0.15) is 4.91 Å². The summed E-state index contributed by atoms with van der Waals surface area (Å²) < 4.78 is 0. The molecule has 2 aliphatic rings. The molecule has 22 heavy (non-hydrogen) atoms. The van der Waals surface area contributed by atoms with Crippen LogP contribution in [0.1, 0.15) is 65.7 Å². The first kappa shape index (κ1) is 17.4. The van der Waals surface area contributed by atoms with E-state index in [-0.39, 0.29) is 17.2 Å². The zero-order valence-electron chi connectivity index (χ0n) is 14.3. The molecule has 2 rings (SSSR count). The molecule has 5 nitrogen and oxygen atoms in total. The molecule has 1 saturated heterocycles. The molecule has 1 aliphatic heterocycles. The molecule has 0 aromatic heterocycles. The summed E-state index contributed by atoms with van der Waals surface area (Å²) in [5.74, 6) is 0.123. The fraction of sp³-hybridized carbons (Fsp3) is 0.941. The van der Waals surface area contributed by atoms with E-state index in [0.29, 0.717) is 6.42 Å². The predicted octanol–water partition coefficient (Wildman–Crippen LogP) is 3.07. The van der Waals surface area contributed by atoms with Gasteiger partial charge in [0.2, 0.25) is 5.91 Å². The number of likely N-dealkylation sites (tertiary alicyclic amines) is 1. The lowest BCUT2D eigenvalue weighted by Crippen LogP contribution is -2.52. The summed E-state index contributed by atoms with van der Waals surface area (Å²) in [5, 5.41) is 3.42. The average Bonchev–Trinajstić information content (AvgIpc) is 2.99. The van der Waals surface area contributed by atoms with E-state index in [0.717, 1.165) is 51.6 Å². The second-order valence-electron chi connectivity index (χ2n) is 8.05. The number of rotatable bonds is 5. The fourth-order valence-electron chi connectivity index (χ4n) is 4.80. The molecule has 4 unspecified atom stereocenters. The molecule has 2 N–H and O–H groups in total. The highest BCUT2D eigenvalue weighted by Gasteiger charge is 2.47. The van der Waals surface area contributed by atoms with E-state index in [2.05, 4.69) is 19.0 Å². The van der Waals surface area contributed by atoms with Gasteiger partial charge < -0.3 is 10.6 Å². The largest absolute Gasteiger partial charge is 0.341 e. The van der Waals surface area contributed by atoms with Crippen LogP contribution < -0.4 is 5.73 Å². The van der Waals surface area contributed by atoms with E-state index >= 15 is 0 Å². The topological polar surface area (TPSA) is 75.8 Å². The van der Waals surface area contributed by atoms with Crippen molar-refractivity contribution in [2.24, 2.45) is 22.2 Å². The number of hydrogen-bond donors (Lipinski definition) is 1. The minimum atomic E-state index is -0.588. The second kappa shape index (κ2) is 6.65. The third-order valence-electron chi connectivity index (χ3n) is 5.55. The maximum absolute atomic E-state index is 12.6. The number of carbonyl (C=O) groups is 1. The van der Waals surface area contributed by atoms with E-state index in [4.69, 9.17) is 5.73 Å². The van der Waals surface area contributed by atoms with Crippen LogP contribution in [-0.4, -0.2) is 35.5 Å². The second-order valence-corrected chi connectivity index (χ2v) is 8.05. The third-order valence-corrected chi connectivity index (χ3v) is 5.55. The van der Waals surface area contributed by atoms with Crippen LogP contribution in [0.5, 0.6) is 0 Å². The van der Waals surface area contributed by atoms with E-state index in [1.807, 2.05) is 11.8 Å².